The molecule has 27 heavy (non-hydrogen) atoms. The van der Waals surface area contributed by atoms with Crippen molar-refractivity contribution in [2.45, 2.75) is 6.54 Å². The van der Waals surface area contributed by atoms with Gasteiger partial charge >= 0.3 is 0 Å². The summed E-state index contributed by atoms with van der Waals surface area (Å²) in [6, 6.07) is 8.33. The quantitative estimate of drug-likeness (QED) is 0.729. The van der Waals surface area contributed by atoms with Gasteiger partial charge in [-0.25, -0.2) is 0 Å². The van der Waals surface area contributed by atoms with E-state index < -0.39 is 5.91 Å². The Kier molecular flexibility index (Phi) is 4.95. The van der Waals surface area contributed by atoms with Crippen molar-refractivity contribution in [1.29, 1.82) is 0 Å². The van der Waals surface area contributed by atoms with Crippen molar-refractivity contribution in [3.05, 3.63) is 63.7 Å². The minimum absolute atomic E-state index is 0.0627. The zero-order valence-electron chi connectivity index (χ0n) is 14.3. The molecule has 1 aromatic carbocycles. The summed E-state index contributed by atoms with van der Waals surface area (Å²) in [5.74, 6) is -0.233. The van der Waals surface area contributed by atoms with E-state index in [4.69, 9.17) is 32.4 Å². The van der Waals surface area contributed by atoms with Gasteiger partial charge < -0.3 is 14.1 Å². The molecule has 0 atom stereocenters. The van der Waals surface area contributed by atoms with Gasteiger partial charge in [0.1, 0.15) is 11.5 Å². The molecule has 1 aromatic heterocycles. The van der Waals surface area contributed by atoms with Crippen LogP contribution < -0.4 is 0 Å². The number of amides is 2. The van der Waals surface area contributed by atoms with Crippen molar-refractivity contribution in [1.82, 2.24) is 9.80 Å². The molecular weight excluding hydrogens is 391 g/mol. The van der Waals surface area contributed by atoms with Crippen LogP contribution in [0.5, 0.6) is 0 Å². The Morgan fingerprint density at radius 1 is 1.04 bits per heavy atom. The van der Waals surface area contributed by atoms with E-state index >= 15 is 0 Å². The molecule has 0 saturated carbocycles. The van der Waals surface area contributed by atoms with Crippen LogP contribution >= 0.6 is 23.2 Å². The van der Waals surface area contributed by atoms with Crippen LogP contribution in [-0.4, -0.2) is 47.9 Å². The zero-order valence-corrected chi connectivity index (χ0v) is 15.8. The van der Waals surface area contributed by atoms with E-state index in [-0.39, 0.29) is 18.0 Å². The van der Waals surface area contributed by atoms with Crippen molar-refractivity contribution in [3.63, 3.8) is 0 Å². The Bertz CT molecular complexity index is 918. The molecule has 2 aliphatic heterocycles. The number of ether oxygens (including phenoxy) is 1. The first-order chi connectivity index (χ1) is 13.1. The van der Waals surface area contributed by atoms with Crippen LogP contribution in [0.2, 0.25) is 10.0 Å². The first kappa shape index (κ1) is 18.1. The molecule has 0 N–H and O–H groups in total. The SMILES string of the molecule is O=C1C(c2ccc(Cl)cc2Cl)=C(N2CCOCC2)C(=O)N1Cc1ccco1. The summed E-state index contributed by atoms with van der Waals surface area (Å²) in [5, 5.41) is 0.783. The molecular formula is C19H16Cl2N2O4. The van der Waals surface area contributed by atoms with E-state index in [2.05, 4.69) is 0 Å². The molecule has 0 aliphatic carbocycles. The smallest absolute Gasteiger partial charge is 0.278 e. The number of imide groups is 1. The fourth-order valence-corrected chi connectivity index (χ4v) is 3.78. The van der Waals surface area contributed by atoms with Crippen LogP contribution in [-0.2, 0) is 20.9 Å². The third-order valence-electron chi connectivity index (χ3n) is 4.57. The maximum Gasteiger partial charge on any atom is 0.278 e. The van der Waals surface area contributed by atoms with E-state index in [9.17, 15) is 9.59 Å². The second-order valence-electron chi connectivity index (χ2n) is 6.22. The number of morpholine rings is 1. The molecule has 3 heterocycles. The Balaban J connectivity index is 1.79. The molecule has 0 bridgehead atoms. The predicted molar refractivity (Wildman–Crippen MR) is 100 cm³/mol. The maximum atomic E-state index is 13.2. The van der Waals surface area contributed by atoms with Crippen LogP contribution in [0.25, 0.3) is 5.57 Å². The molecule has 6 nitrogen and oxygen atoms in total. The van der Waals surface area contributed by atoms with Gasteiger partial charge in [-0.1, -0.05) is 29.3 Å². The molecule has 0 unspecified atom stereocenters. The summed E-state index contributed by atoms with van der Waals surface area (Å²) in [4.78, 5) is 29.4. The Hall–Kier alpha value is -2.28. The molecule has 2 aromatic rings. The van der Waals surface area contributed by atoms with Crippen LogP contribution in [0, 0.1) is 0 Å². The molecule has 2 aliphatic rings. The van der Waals surface area contributed by atoms with Crippen molar-refractivity contribution < 1.29 is 18.7 Å². The number of hydrogen-bond donors (Lipinski definition) is 0. The van der Waals surface area contributed by atoms with Gasteiger partial charge in [-0.15, -0.1) is 0 Å². The van der Waals surface area contributed by atoms with Crippen molar-refractivity contribution in [3.8, 4) is 0 Å². The molecule has 1 fully saturated rings. The lowest BCUT2D eigenvalue weighted by Crippen LogP contribution is -2.40. The molecule has 0 spiro atoms. The van der Waals surface area contributed by atoms with Gasteiger partial charge in [-0.2, -0.15) is 0 Å². The highest BCUT2D eigenvalue weighted by Gasteiger charge is 2.42. The normalized spacial score (nSPS) is 18.0. The third-order valence-corrected chi connectivity index (χ3v) is 5.11. The highest BCUT2D eigenvalue weighted by atomic mass is 35.5. The number of carbonyl (C=O) groups excluding carboxylic acids is 2. The second kappa shape index (κ2) is 7.38. The van der Waals surface area contributed by atoms with Gasteiger partial charge in [0.2, 0.25) is 0 Å². The highest BCUT2D eigenvalue weighted by molar-refractivity contribution is 6.41. The van der Waals surface area contributed by atoms with E-state index in [1.54, 1.807) is 30.3 Å². The minimum Gasteiger partial charge on any atom is -0.467 e. The number of carbonyl (C=O) groups is 2. The minimum atomic E-state index is -0.401. The van der Waals surface area contributed by atoms with Gasteiger partial charge in [-0.05, 0) is 24.3 Å². The summed E-state index contributed by atoms with van der Waals surface area (Å²) < 4.78 is 10.7. The molecule has 0 radical (unpaired) electrons. The number of nitrogens with zero attached hydrogens (tertiary/aromatic N) is 2. The highest BCUT2D eigenvalue weighted by Crippen LogP contribution is 2.37. The summed E-state index contributed by atoms with van der Waals surface area (Å²) in [6.45, 7) is 2.10. The molecule has 4 rings (SSSR count). The van der Waals surface area contributed by atoms with Crippen molar-refractivity contribution in [2.24, 2.45) is 0 Å². The van der Waals surface area contributed by atoms with Gasteiger partial charge in [0, 0.05) is 23.7 Å². The lowest BCUT2D eigenvalue weighted by molar-refractivity contribution is -0.138. The summed E-state index contributed by atoms with van der Waals surface area (Å²) >= 11 is 12.4. The lowest BCUT2D eigenvalue weighted by atomic mass is 10.0. The number of benzene rings is 1. The fraction of sp³-hybridized carbons (Fsp3) is 0.263. The first-order valence-corrected chi connectivity index (χ1v) is 9.23. The standard InChI is InChI=1S/C19H16Cl2N2O4/c20-12-3-4-14(15(21)10-12)16-17(22-5-8-26-9-6-22)19(25)23(18(16)24)11-13-2-1-7-27-13/h1-4,7,10H,5-6,8-9,11H2. The number of rotatable bonds is 4. The van der Waals surface area contributed by atoms with Crippen LogP contribution in [0.4, 0.5) is 0 Å². The van der Waals surface area contributed by atoms with E-state index in [1.807, 2.05) is 4.90 Å². The molecule has 140 valence electrons. The number of furan rings is 1. The van der Waals surface area contributed by atoms with Crippen LogP contribution in [0.15, 0.2) is 46.7 Å². The maximum absolute atomic E-state index is 13.2. The van der Waals surface area contributed by atoms with E-state index in [0.29, 0.717) is 53.4 Å². The Labute approximate surface area is 165 Å². The average molecular weight is 407 g/mol. The van der Waals surface area contributed by atoms with Crippen LogP contribution in [0.3, 0.4) is 0 Å². The van der Waals surface area contributed by atoms with Crippen LogP contribution in [0.1, 0.15) is 11.3 Å². The van der Waals surface area contributed by atoms with Crippen molar-refractivity contribution in [2.75, 3.05) is 26.3 Å². The zero-order chi connectivity index (χ0) is 19.0. The van der Waals surface area contributed by atoms with Gasteiger partial charge in [0.15, 0.2) is 0 Å². The summed E-state index contributed by atoms with van der Waals surface area (Å²) in [5.41, 5.74) is 1.12. The fourth-order valence-electron chi connectivity index (χ4n) is 3.28. The average Bonchev–Trinajstić information content (AvgIpc) is 3.25. The second-order valence-corrected chi connectivity index (χ2v) is 7.07. The van der Waals surface area contributed by atoms with Gasteiger partial charge in [0.25, 0.3) is 11.8 Å². The lowest BCUT2D eigenvalue weighted by Gasteiger charge is -2.29. The third kappa shape index (κ3) is 3.36. The number of halogens is 2. The summed E-state index contributed by atoms with van der Waals surface area (Å²) in [6.07, 6.45) is 1.51. The van der Waals surface area contributed by atoms with Gasteiger partial charge in [0.05, 0.1) is 36.6 Å². The Morgan fingerprint density at radius 2 is 1.81 bits per heavy atom. The molecule has 8 heteroatoms. The van der Waals surface area contributed by atoms with Crippen molar-refractivity contribution >= 4 is 40.6 Å². The topological polar surface area (TPSA) is 63.0 Å². The monoisotopic (exact) mass is 406 g/mol. The summed E-state index contributed by atoms with van der Waals surface area (Å²) in [7, 11) is 0. The number of hydrogen-bond acceptors (Lipinski definition) is 5. The van der Waals surface area contributed by atoms with Gasteiger partial charge in [-0.3, -0.25) is 14.5 Å². The Morgan fingerprint density at radius 3 is 2.48 bits per heavy atom. The van der Waals surface area contributed by atoms with E-state index in [1.165, 1.54) is 11.2 Å². The molecule has 2 amide bonds. The molecule has 1 saturated heterocycles. The van der Waals surface area contributed by atoms with E-state index in [0.717, 1.165) is 0 Å². The first-order valence-electron chi connectivity index (χ1n) is 8.47. The largest absolute Gasteiger partial charge is 0.467 e. The predicted octanol–water partition coefficient (Wildman–Crippen LogP) is 3.20.